The quantitative estimate of drug-likeness (QED) is 0.686. The van der Waals surface area contributed by atoms with Crippen molar-refractivity contribution in [2.75, 3.05) is 12.8 Å². The number of ether oxygens (including phenoxy) is 1. The van der Waals surface area contributed by atoms with E-state index in [1.807, 2.05) is 24.3 Å². The number of benzene rings is 1. The number of carbonyl (C=O) groups excluding carboxylic acids is 1. The number of carbonyl (C=O) groups is 1. The van der Waals surface area contributed by atoms with E-state index in [2.05, 4.69) is 0 Å². The van der Waals surface area contributed by atoms with E-state index < -0.39 is 5.97 Å². The molecule has 2 aromatic heterocycles. The Morgan fingerprint density at radius 2 is 2.04 bits per heavy atom. The van der Waals surface area contributed by atoms with Crippen molar-refractivity contribution in [1.29, 1.82) is 0 Å². The van der Waals surface area contributed by atoms with Gasteiger partial charge in [-0.25, -0.2) is 9.78 Å². The Labute approximate surface area is 148 Å². The Kier molecular flexibility index (Phi) is 3.70. The SMILES string of the molecule is COC(=O)c1sc2nc3c(c(-c4ccc(Cl)cc4)c2c1N)CCC3. The number of aromatic nitrogens is 1. The van der Waals surface area contributed by atoms with E-state index in [0.717, 1.165) is 46.3 Å². The maximum absolute atomic E-state index is 12.0. The number of halogens is 1. The van der Waals surface area contributed by atoms with E-state index in [1.165, 1.54) is 24.0 Å². The molecule has 24 heavy (non-hydrogen) atoms. The Balaban J connectivity index is 2.07. The minimum Gasteiger partial charge on any atom is -0.465 e. The van der Waals surface area contributed by atoms with Crippen LogP contribution in [0.4, 0.5) is 5.69 Å². The van der Waals surface area contributed by atoms with Crippen LogP contribution in [0.1, 0.15) is 27.3 Å². The molecular formula is C18H15ClN2O2S. The smallest absolute Gasteiger partial charge is 0.350 e. The molecule has 0 fully saturated rings. The summed E-state index contributed by atoms with van der Waals surface area (Å²) in [4.78, 5) is 18.0. The molecule has 2 heterocycles. The number of esters is 1. The monoisotopic (exact) mass is 358 g/mol. The summed E-state index contributed by atoms with van der Waals surface area (Å²) in [5, 5.41) is 1.54. The molecule has 0 unspecified atom stereocenters. The average Bonchev–Trinajstić information content (AvgIpc) is 3.18. The van der Waals surface area contributed by atoms with Crippen molar-refractivity contribution in [3.63, 3.8) is 0 Å². The van der Waals surface area contributed by atoms with Crippen molar-refractivity contribution in [3.05, 3.63) is 45.4 Å². The standard InChI is InChI=1S/C18H15ClN2O2S/c1-23-18(22)16-15(20)14-13(9-5-7-10(19)8-6-9)11-3-2-4-12(11)21-17(14)24-16/h5-8H,2-4,20H2,1H3. The Morgan fingerprint density at radius 1 is 1.29 bits per heavy atom. The molecule has 4 rings (SSSR count). The second-order valence-corrected chi connectivity index (χ2v) is 7.22. The van der Waals surface area contributed by atoms with Gasteiger partial charge in [0.05, 0.1) is 12.8 Å². The molecule has 2 N–H and O–H groups in total. The highest BCUT2D eigenvalue weighted by atomic mass is 35.5. The number of methoxy groups -OCH3 is 1. The number of fused-ring (bicyclic) bond motifs is 2. The largest absolute Gasteiger partial charge is 0.465 e. The van der Waals surface area contributed by atoms with Crippen molar-refractivity contribution in [2.24, 2.45) is 0 Å². The van der Waals surface area contributed by atoms with Crippen LogP contribution in [0, 0.1) is 0 Å². The van der Waals surface area contributed by atoms with Crippen LogP contribution in [-0.2, 0) is 17.6 Å². The third kappa shape index (κ3) is 2.27. The predicted molar refractivity (Wildman–Crippen MR) is 97.8 cm³/mol. The van der Waals surface area contributed by atoms with Crippen molar-refractivity contribution in [3.8, 4) is 11.1 Å². The molecule has 0 saturated carbocycles. The minimum atomic E-state index is -0.419. The second kappa shape index (κ2) is 5.76. The van der Waals surface area contributed by atoms with E-state index >= 15 is 0 Å². The summed E-state index contributed by atoms with van der Waals surface area (Å²) in [5.41, 5.74) is 11.2. The van der Waals surface area contributed by atoms with Gasteiger partial charge < -0.3 is 10.5 Å². The normalized spacial score (nSPS) is 13.2. The lowest BCUT2D eigenvalue weighted by atomic mass is 9.96. The van der Waals surface area contributed by atoms with Crippen LogP contribution in [0.25, 0.3) is 21.3 Å². The van der Waals surface area contributed by atoms with Crippen LogP contribution in [0.15, 0.2) is 24.3 Å². The van der Waals surface area contributed by atoms with Gasteiger partial charge in [-0.2, -0.15) is 0 Å². The first-order valence-corrected chi connectivity index (χ1v) is 8.87. The van der Waals surface area contributed by atoms with E-state index in [1.54, 1.807) is 0 Å². The fraction of sp³-hybridized carbons (Fsp3) is 0.222. The molecule has 0 radical (unpaired) electrons. The number of nitrogens with zero attached hydrogens (tertiary/aromatic N) is 1. The minimum absolute atomic E-state index is 0.416. The number of hydrogen-bond donors (Lipinski definition) is 1. The Hall–Kier alpha value is -2.11. The number of rotatable bonds is 2. The molecule has 4 nitrogen and oxygen atoms in total. The second-order valence-electron chi connectivity index (χ2n) is 5.79. The number of hydrogen-bond acceptors (Lipinski definition) is 5. The van der Waals surface area contributed by atoms with Gasteiger partial charge in [-0.3, -0.25) is 0 Å². The fourth-order valence-corrected chi connectivity index (χ4v) is 4.49. The summed E-state index contributed by atoms with van der Waals surface area (Å²) >= 11 is 7.33. The van der Waals surface area contributed by atoms with E-state index in [9.17, 15) is 4.79 Å². The van der Waals surface area contributed by atoms with Crippen LogP contribution < -0.4 is 5.73 Å². The lowest BCUT2D eigenvalue weighted by Gasteiger charge is -2.11. The summed E-state index contributed by atoms with van der Waals surface area (Å²) in [6.07, 6.45) is 3.01. The van der Waals surface area contributed by atoms with E-state index in [-0.39, 0.29) is 0 Å². The molecular weight excluding hydrogens is 344 g/mol. The van der Waals surface area contributed by atoms with Crippen molar-refractivity contribution in [2.45, 2.75) is 19.3 Å². The summed E-state index contributed by atoms with van der Waals surface area (Å²) in [5.74, 6) is -0.419. The van der Waals surface area contributed by atoms with E-state index in [0.29, 0.717) is 15.6 Å². The topological polar surface area (TPSA) is 65.2 Å². The average molecular weight is 359 g/mol. The first-order valence-electron chi connectivity index (χ1n) is 7.68. The summed E-state index contributed by atoms with van der Waals surface area (Å²) in [7, 11) is 1.36. The summed E-state index contributed by atoms with van der Waals surface area (Å²) < 4.78 is 4.86. The molecule has 0 saturated heterocycles. The molecule has 122 valence electrons. The van der Waals surface area contributed by atoms with Gasteiger partial charge in [-0.1, -0.05) is 23.7 Å². The first-order chi connectivity index (χ1) is 11.6. The number of nitrogens with two attached hydrogens (primary N) is 1. The first kappa shape index (κ1) is 15.4. The third-order valence-electron chi connectivity index (χ3n) is 4.41. The maximum Gasteiger partial charge on any atom is 0.350 e. The zero-order chi connectivity index (χ0) is 16.8. The number of anilines is 1. The van der Waals surface area contributed by atoms with Gasteiger partial charge in [-0.15, -0.1) is 11.3 Å². The molecule has 1 aromatic carbocycles. The van der Waals surface area contributed by atoms with Crippen LogP contribution in [0.5, 0.6) is 0 Å². The molecule has 1 aliphatic rings. The van der Waals surface area contributed by atoms with Crippen LogP contribution in [-0.4, -0.2) is 18.1 Å². The zero-order valence-electron chi connectivity index (χ0n) is 13.1. The van der Waals surface area contributed by atoms with Gasteiger partial charge in [0.25, 0.3) is 0 Å². The number of thiophene rings is 1. The highest BCUT2D eigenvalue weighted by Crippen LogP contribution is 2.44. The third-order valence-corrected chi connectivity index (χ3v) is 5.74. The van der Waals surface area contributed by atoms with E-state index in [4.69, 9.17) is 27.1 Å². The number of pyridine rings is 1. The number of nitrogen functional groups attached to an aromatic ring is 1. The predicted octanol–water partition coefficient (Wildman–Crippen LogP) is 4.47. The molecule has 0 bridgehead atoms. The lowest BCUT2D eigenvalue weighted by molar-refractivity contribution is 0.0607. The lowest BCUT2D eigenvalue weighted by Crippen LogP contribution is -2.02. The molecule has 3 aromatic rings. The van der Waals surface area contributed by atoms with Gasteiger partial charge in [0.15, 0.2) is 0 Å². The molecule has 0 amide bonds. The van der Waals surface area contributed by atoms with Gasteiger partial charge in [0, 0.05) is 16.1 Å². The van der Waals surface area contributed by atoms with Crippen molar-refractivity contribution >= 4 is 44.8 Å². The van der Waals surface area contributed by atoms with Gasteiger partial charge in [-0.05, 0) is 48.1 Å². The summed E-state index contributed by atoms with van der Waals surface area (Å²) in [6.45, 7) is 0. The van der Waals surface area contributed by atoms with Gasteiger partial charge >= 0.3 is 5.97 Å². The Bertz CT molecular complexity index is 964. The van der Waals surface area contributed by atoms with Crippen LogP contribution >= 0.6 is 22.9 Å². The van der Waals surface area contributed by atoms with Crippen LogP contribution in [0.2, 0.25) is 5.02 Å². The maximum atomic E-state index is 12.0. The molecule has 0 atom stereocenters. The number of aryl methyl sites for hydroxylation is 1. The fourth-order valence-electron chi connectivity index (χ4n) is 3.33. The molecule has 1 aliphatic carbocycles. The van der Waals surface area contributed by atoms with Crippen molar-refractivity contribution in [1.82, 2.24) is 4.98 Å². The summed E-state index contributed by atoms with van der Waals surface area (Å²) in [6, 6.07) is 7.72. The highest BCUT2D eigenvalue weighted by Gasteiger charge is 2.26. The highest BCUT2D eigenvalue weighted by molar-refractivity contribution is 7.21. The molecule has 6 heteroatoms. The van der Waals surface area contributed by atoms with Gasteiger partial charge in [0.1, 0.15) is 9.71 Å². The molecule has 0 aliphatic heterocycles. The molecule has 0 spiro atoms. The zero-order valence-corrected chi connectivity index (χ0v) is 14.6. The van der Waals surface area contributed by atoms with Crippen LogP contribution in [0.3, 0.4) is 0 Å². The van der Waals surface area contributed by atoms with Crippen molar-refractivity contribution < 1.29 is 9.53 Å². The van der Waals surface area contributed by atoms with Gasteiger partial charge in [0.2, 0.25) is 0 Å². The Morgan fingerprint density at radius 3 is 2.75 bits per heavy atom.